The highest BCUT2D eigenvalue weighted by Crippen LogP contribution is 2.36. The second kappa shape index (κ2) is 9.49. The fourth-order valence-corrected chi connectivity index (χ4v) is 3.74. The average molecular weight is 476 g/mol. The standard InChI is InChI=1S/C23H24O11/c1-30-14-4-3-10(5-13(14)25)12-9-32-15-7-17(16(31-2)6-11(15)19(12)26)33-23-22(29)21(28)20(27)18(8-24)34-23/h3-7,9,18,20-25,27-29H,8H2,1-2H3/t18-,20-,21+,22-,23-/m1/s1. The molecule has 0 amide bonds. The monoisotopic (exact) mass is 476 g/mol. The summed E-state index contributed by atoms with van der Waals surface area (Å²) in [5, 5.41) is 49.7. The lowest BCUT2D eigenvalue weighted by Crippen LogP contribution is -2.60. The van der Waals surface area contributed by atoms with E-state index in [4.69, 9.17) is 23.4 Å². The highest BCUT2D eigenvalue weighted by Gasteiger charge is 2.45. The molecular formula is C23H24O11. The van der Waals surface area contributed by atoms with Crippen LogP contribution in [0.15, 0.2) is 45.8 Å². The third-order valence-electron chi connectivity index (χ3n) is 5.64. The Morgan fingerprint density at radius 1 is 0.941 bits per heavy atom. The molecule has 0 aliphatic carbocycles. The van der Waals surface area contributed by atoms with Crippen LogP contribution >= 0.6 is 0 Å². The maximum Gasteiger partial charge on any atom is 0.229 e. The molecule has 3 aromatic rings. The van der Waals surface area contributed by atoms with Gasteiger partial charge in [-0.2, -0.15) is 0 Å². The van der Waals surface area contributed by atoms with Crippen LogP contribution in [0.3, 0.4) is 0 Å². The lowest BCUT2D eigenvalue weighted by atomic mass is 9.99. The number of ether oxygens (including phenoxy) is 4. The van der Waals surface area contributed by atoms with Crippen molar-refractivity contribution in [2.75, 3.05) is 20.8 Å². The van der Waals surface area contributed by atoms with Crippen molar-refractivity contribution in [2.45, 2.75) is 30.7 Å². The van der Waals surface area contributed by atoms with Crippen LogP contribution in [0.4, 0.5) is 0 Å². The van der Waals surface area contributed by atoms with E-state index in [-0.39, 0.29) is 39.5 Å². The Kier molecular flexibility index (Phi) is 6.64. The number of aliphatic hydroxyl groups excluding tert-OH is 4. The second-order valence-corrected chi connectivity index (χ2v) is 7.68. The Morgan fingerprint density at radius 3 is 2.32 bits per heavy atom. The molecule has 1 saturated heterocycles. The van der Waals surface area contributed by atoms with Crippen molar-refractivity contribution in [1.82, 2.24) is 0 Å². The number of aliphatic hydroxyl groups is 4. The molecule has 1 aliphatic rings. The van der Waals surface area contributed by atoms with Gasteiger partial charge in [0.15, 0.2) is 23.0 Å². The van der Waals surface area contributed by atoms with Gasteiger partial charge in [-0.25, -0.2) is 0 Å². The van der Waals surface area contributed by atoms with E-state index in [0.717, 1.165) is 0 Å². The largest absolute Gasteiger partial charge is 0.504 e. The Balaban J connectivity index is 1.71. The Morgan fingerprint density at radius 2 is 1.68 bits per heavy atom. The molecule has 1 aliphatic heterocycles. The minimum Gasteiger partial charge on any atom is -0.504 e. The van der Waals surface area contributed by atoms with Crippen molar-refractivity contribution in [3.63, 3.8) is 0 Å². The maximum atomic E-state index is 13.2. The van der Waals surface area contributed by atoms with Gasteiger partial charge in [0.1, 0.15) is 36.3 Å². The molecule has 1 fully saturated rings. The number of fused-ring (bicyclic) bond motifs is 1. The fraction of sp³-hybridized carbons (Fsp3) is 0.348. The molecule has 34 heavy (non-hydrogen) atoms. The first-order valence-corrected chi connectivity index (χ1v) is 10.3. The minimum atomic E-state index is -1.63. The van der Waals surface area contributed by atoms with E-state index in [9.17, 15) is 30.3 Å². The van der Waals surface area contributed by atoms with Gasteiger partial charge in [-0.05, 0) is 23.8 Å². The van der Waals surface area contributed by atoms with Crippen LogP contribution < -0.4 is 19.6 Å². The number of rotatable bonds is 6. The Bertz CT molecular complexity index is 1240. The van der Waals surface area contributed by atoms with Gasteiger partial charge < -0.3 is 48.9 Å². The quantitative estimate of drug-likeness (QED) is 0.333. The zero-order valence-electron chi connectivity index (χ0n) is 18.2. The number of benzene rings is 2. The van der Waals surface area contributed by atoms with Crippen LogP contribution in [-0.4, -0.2) is 77.1 Å². The van der Waals surface area contributed by atoms with Crippen LogP contribution in [0, 0.1) is 0 Å². The molecule has 182 valence electrons. The third kappa shape index (κ3) is 4.15. The summed E-state index contributed by atoms with van der Waals surface area (Å²) in [7, 11) is 2.75. The summed E-state index contributed by atoms with van der Waals surface area (Å²) in [6, 6.07) is 7.24. The lowest BCUT2D eigenvalue weighted by molar-refractivity contribution is -0.277. The second-order valence-electron chi connectivity index (χ2n) is 7.68. The summed E-state index contributed by atoms with van der Waals surface area (Å²) in [5.74, 6) is 0.245. The van der Waals surface area contributed by atoms with Crippen molar-refractivity contribution in [1.29, 1.82) is 0 Å². The molecule has 0 saturated carbocycles. The first kappa shape index (κ1) is 23.8. The zero-order chi connectivity index (χ0) is 24.6. The molecule has 0 spiro atoms. The molecule has 2 heterocycles. The molecule has 11 heteroatoms. The lowest BCUT2D eigenvalue weighted by Gasteiger charge is -2.39. The summed E-state index contributed by atoms with van der Waals surface area (Å²) >= 11 is 0. The Labute approximate surface area is 192 Å². The molecule has 5 N–H and O–H groups in total. The molecule has 5 atom stereocenters. The Hall–Kier alpha value is -3.35. The van der Waals surface area contributed by atoms with Gasteiger partial charge >= 0.3 is 0 Å². The van der Waals surface area contributed by atoms with Crippen LogP contribution in [0.25, 0.3) is 22.1 Å². The van der Waals surface area contributed by atoms with Crippen molar-refractivity contribution >= 4 is 11.0 Å². The van der Waals surface area contributed by atoms with E-state index in [2.05, 4.69) is 0 Å². The number of phenolic OH excluding ortho intramolecular Hbond substituents is 1. The first-order valence-electron chi connectivity index (χ1n) is 10.3. The number of methoxy groups -OCH3 is 2. The summed E-state index contributed by atoms with van der Waals surface area (Å²) in [6.45, 7) is -0.613. The SMILES string of the molecule is COc1ccc(-c2coc3cc(O[C@@H]4O[C@H](CO)[C@@H](O)[C@H](O)[C@H]4O)c(OC)cc3c2=O)cc1O. The highest BCUT2D eigenvalue weighted by molar-refractivity contribution is 5.85. The maximum absolute atomic E-state index is 13.2. The molecule has 2 aromatic carbocycles. The number of hydrogen-bond donors (Lipinski definition) is 5. The van der Waals surface area contributed by atoms with E-state index in [0.29, 0.717) is 5.56 Å². The third-order valence-corrected chi connectivity index (χ3v) is 5.64. The van der Waals surface area contributed by atoms with Crippen LogP contribution in [0.2, 0.25) is 0 Å². The van der Waals surface area contributed by atoms with Gasteiger partial charge in [-0.15, -0.1) is 0 Å². The number of aromatic hydroxyl groups is 1. The van der Waals surface area contributed by atoms with Gasteiger partial charge in [0, 0.05) is 6.07 Å². The summed E-state index contributed by atoms with van der Waals surface area (Å²) in [5.41, 5.74) is 0.333. The molecule has 0 radical (unpaired) electrons. The highest BCUT2D eigenvalue weighted by atomic mass is 16.7. The van der Waals surface area contributed by atoms with E-state index in [1.165, 1.54) is 44.7 Å². The van der Waals surface area contributed by atoms with Crippen molar-refractivity contribution in [3.05, 3.63) is 46.8 Å². The van der Waals surface area contributed by atoms with Crippen LogP contribution in [0.1, 0.15) is 0 Å². The predicted octanol–water partition coefficient (Wildman–Crippen LogP) is 0.362. The molecule has 11 nitrogen and oxygen atoms in total. The van der Waals surface area contributed by atoms with Gasteiger partial charge in [0.2, 0.25) is 11.7 Å². The molecule has 0 unspecified atom stereocenters. The van der Waals surface area contributed by atoms with Crippen molar-refractivity contribution < 1.29 is 48.9 Å². The van der Waals surface area contributed by atoms with Crippen molar-refractivity contribution in [2.24, 2.45) is 0 Å². The summed E-state index contributed by atoms with van der Waals surface area (Å²) < 4.78 is 27.0. The van der Waals surface area contributed by atoms with Gasteiger partial charge in [-0.1, -0.05) is 6.07 Å². The molecule has 4 rings (SSSR count). The predicted molar refractivity (Wildman–Crippen MR) is 117 cm³/mol. The normalized spacial score (nSPS) is 24.7. The van der Waals surface area contributed by atoms with E-state index in [1.54, 1.807) is 6.07 Å². The smallest absolute Gasteiger partial charge is 0.229 e. The van der Waals surface area contributed by atoms with Gasteiger partial charge in [-0.3, -0.25) is 4.79 Å². The van der Waals surface area contributed by atoms with Gasteiger partial charge in [0.05, 0.1) is 31.8 Å². The minimum absolute atomic E-state index is 0.0253. The molecule has 0 bridgehead atoms. The summed E-state index contributed by atoms with van der Waals surface area (Å²) in [6.07, 6.45) is -6.16. The average Bonchev–Trinajstić information content (AvgIpc) is 2.84. The number of hydrogen-bond acceptors (Lipinski definition) is 11. The molecule has 1 aromatic heterocycles. The first-order chi connectivity index (χ1) is 16.3. The van der Waals surface area contributed by atoms with E-state index >= 15 is 0 Å². The van der Waals surface area contributed by atoms with Crippen molar-refractivity contribution in [3.8, 4) is 34.1 Å². The topological polar surface area (TPSA) is 168 Å². The van der Waals surface area contributed by atoms with Gasteiger partial charge in [0.25, 0.3) is 0 Å². The zero-order valence-corrected chi connectivity index (χ0v) is 18.2. The molecular weight excluding hydrogens is 452 g/mol. The fourth-order valence-electron chi connectivity index (χ4n) is 3.74. The summed E-state index contributed by atoms with van der Waals surface area (Å²) in [4.78, 5) is 13.2. The van der Waals surface area contributed by atoms with E-state index < -0.39 is 42.7 Å². The van der Waals surface area contributed by atoms with Crippen LogP contribution in [-0.2, 0) is 4.74 Å². The van der Waals surface area contributed by atoms with Crippen LogP contribution in [0.5, 0.6) is 23.0 Å². The number of phenols is 1. The van der Waals surface area contributed by atoms with E-state index in [1.807, 2.05) is 0 Å².